The number of carbonyl (C=O) groups excluding carboxylic acids is 3. The van der Waals surface area contributed by atoms with Gasteiger partial charge in [-0.15, -0.1) is 0 Å². The Balaban J connectivity index is 1.64. The maximum atomic E-state index is 13.8. The van der Waals surface area contributed by atoms with Gasteiger partial charge in [-0.25, -0.2) is 13.6 Å². The van der Waals surface area contributed by atoms with Crippen LogP contribution in [0.4, 0.5) is 8.78 Å². The Kier molecular flexibility index (Phi) is 6.29. The van der Waals surface area contributed by atoms with Gasteiger partial charge in [0.05, 0.1) is 0 Å². The predicted molar refractivity (Wildman–Crippen MR) is 100 cm³/mol. The molecular formula is C21H19F2NO6. The second kappa shape index (κ2) is 8.89. The highest BCUT2D eigenvalue weighted by atomic mass is 19.1. The number of ketones is 1. The van der Waals surface area contributed by atoms with Gasteiger partial charge >= 0.3 is 5.97 Å². The number of fused-ring (bicyclic) bond motifs is 1. The van der Waals surface area contributed by atoms with E-state index in [1.807, 2.05) is 0 Å². The molecule has 158 valence electrons. The summed E-state index contributed by atoms with van der Waals surface area (Å²) in [4.78, 5) is 37.0. The van der Waals surface area contributed by atoms with Gasteiger partial charge in [0.25, 0.3) is 5.91 Å². The Bertz CT molecular complexity index is 971. The lowest BCUT2D eigenvalue weighted by Crippen LogP contribution is -2.46. The van der Waals surface area contributed by atoms with Crippen molar-refractivity contribution in [3.8, 4) is 11.5 Å². The monoisotopic (exact) mass is 419 g/mol. The molecule has 0 aromatic heterocycles. The molecule has 0 radical (unpaired) electrons. The predicted octanol–water partition coefficient (Wildman–Crippen LogP) is 2.87. The highest BCUT2D eigenvalue weighted by molar-refractivity contribution is 6.00. The Morgan fingerprint density at radius 2 is 1.73 bits per heavy atom. The summed E-state index contributed by atoms with van der Waals surface area (Å²) in [6, 6.07) is 6.33. The zero-order valence-corrected chi connectivity index (χ0v) is 16.2. The van der Waals surface area contributed by atoms with Crippen LogP contribution < -0.4 is 14.8 Å². The van der Waals surface area contributed by atoms with Crippen molar-refractivity contribution < 1.29 is 37.4 Å². The smallest absolute Gasteiger partial charge is 0.329 e. The van der Waals surface area contributed by atoms with E-state index in [2.05, 4.69) is 5.32 Å². The number of hydrogen-bond acceptors (Lipinski definition) is 6. The summed E-state index contributed by atoms with van der Waals surface area (Å²) in [6.07, 6.45) is 0. The zero-order chi connectivity index (χ0) is 21.8. The van der Waals surface area contributed by atoms with Gasteiger partial charge in [0, 0.05) is 5.56 Å². The number of rotatable bonds is 7. The van der Waals surface area contributed by atoms with E-state index in [1.165, 1.54) is 12.1 Å². The fraction of sp³-hybridized carbons (Fsp3) is 0.286. The third-order valence-corrected chi connectivity index (χ3v) is 4.44. The summed E-state index contributed by atoms with van der Waals surface area (Å²) >= 11 is 0. The second-order valence-electron chi connectivity index (χ2n) is 6.89. The molecule has 1 atom stereocenters. The molecule has 1 aliphatic rings. The van der Waals surface area contributed by atoms with Crippen LogP contribution in [-0.2, 0) is 9.53 Å². The minimum atomic E-state index is -1.21. The molecule has 0 bridgehead atoms. The standard InChI is InChI=1S/C21H19F2NO6/c1-11(2)19(24-20(26)18-13(22)4-3-5-14(18)23)21(27)28-9-15(25)12-6-7-16-17(8-12)30-10-29-16/h3-8,11,19H,9-10H2,1-2H3,(H,24,26)/t19-/m1/s1. The molecule has 2 aromatic carbocycles. The molecule has 1 N–H and O–H groups in total. The van der Waals surface area contributed by atoms with E-state index in [1.54, 1.807) is 19.9 Å². The Morgan fingerprint density at radius 1 is 1.07 bits per heavy atom. The highest BCUT2D eigenvalue weighted by Crippen LogP contribution is 2.32. The van der Waals surface area contributed by atoms with Crippen LogP contribution in [0.5, 0.6) is 11.5 Å². The maximum absolute atomic E-state index is 13.8. The van der Waals surface area contributed by atoms with Gasteiger partial charge in [-0.2, -0.15) is 0 Å². The van der Waals surface area contributed by atoms with Gasteiger partial charge in [-0.1, -0.05) is 19.9 Å². The zero-order valence-electron chi connectivity index (χ0n) is 16.2. The van der Waals surface area contributed by atoms with Crippen molar-refractivity contribution in [2.24, 2.45) is 5.92 Å². The van der Waals surface area contributed by atoms with Crippen LogP contribution in [0.3, 0.4) is 0 Å². The third-order valence-electron chi connectivity index (χ3n) is 4.44. The fourth-order valence-corrected chi connectivity index (χ4v) is 2.81. The first-order chi connectivity index (χ1) is 14.3. The number of amides is 1. The second-order valence-corrected chi connectivity index (χ2v) is 6.89. The van der Waals surface area contributed by atoms with Crippen LogP contribution >= 0.6 is 0 Å². The molecule has 3 rings (SSSR count). The minimum absolute atomic E-state index is 0.0559. The van der Waals surface area contributed by atoms with Crippen molar-refractivity contribution in [2.45, 2.75) is 19.9 Å². The van der Waals surface area contributed by atoms with Crippen molar-refractivity contribution in [1.82, 2.24) is 5.32 Å². The molecule has 2 aromatic rings. The van der Waals surface area contributed by atoms with Gasteiger partial charge in [0.1, 0.15) is 23.2 Å². The van der Waals surface area contributed by atoms with Gasteiger partial charge in [0.15, 0.2) is 23.9 Å². The highest BCUT2D eigenvalue weighted by Gasteiger charge is 2.29. The lowest BCUT2D eigenvalue weighted by Gasteiger charge is -2.21. The largest absolute Gasteiger partial charge is 0.456 e. The number of ether oxygens (including phenoxy) is 3. The van der Waals surface area contributed by atoms with Crippen molar-refractivity contribution >= 4 is 17.7 Å². The van der Waals surface area contributed by atoms with Crippen LogP contribution in [0.25, 0.3) is 0 Å². The molecule has 1 aliphatic heterocycles. The van der Waals surface area contributed by atoms with E-state index in [-0.39, 0.29) is 12.4 Å². The molecule has 30 heavy (non-hydrogen) atoms. The van der Waals surface area contributed by atoms with E-state index in [0.29, 0.717) is 11.5 Å². The summed E-state index contributed by atoms with van der Waals surface area (Å²) in [5, 5.41) is 2.27. The van der Waals surface area contributed by atoms with Crippen molar-refractivity contribution in [3.05, 3.63) is 59.2 Å². The number of esters is 1. The number of benzene rings is 2. The van der Waals surface area contributed by atoms with E-state index in [4.69, 9.17) is 14.2 Å². The Hall–Kier alpha value is -3.49. The molecule has 0 saturated carbocycles. The van der Waals surface area contributed by atoms with Gasteiger partial charge < -0.3 is 19.5 Å². The molecule has 7 nitrogen and oxygen atoms in total. The first kappa shape index (κ1) is 21.2. The molecule has 0 aliphatic carbocycles. The normalized spacial score (nSPS) is 13.1. The molecular weight excluding hydrogens is 400 g/mol. The summed E-state index contributed by atoms with van der Waals surface area (Å²) in [6.45, 7) is 2.71. The van der Waals surface area contributed by atoms with Gasteiger partial charge in [-0.3, -0.25) is 9.59 Å². The Labute approximate surface area is 170 Å². The lowest BCUT2D eigenvalue weighted by atomic mass is 10.0. The van der Waals surface area contributed by atoms with Crippen LogP contribution in [-0.4, -0.2) is 37.1 Å². The number of carbonyl (C=O) groups is 3. The molecule has 0 saturated heterocycles. The van der Waals surface area contributed by atoms with Crippen molar-refractivity contribution in [3.63, 3.8) is 0 Å². The number of hydrogen-bond donors (Lipinski definition) is 1. The van der Waals surface area contributed by atoms with Crippen LogP contribution in [0.2, 0.25) is 0 Å². The topological polar surface area (TPSA) is 90.9 Å². The van der Waals surface area contributed by atoms with Crippen LogP contribution in [0.1, 0.15) is 34.6 Å². The molecule has 1 amide bonds. The SMILES string of the molecule is CC(C)[C@@H](NC(=O)c1c(F)cccc1F)C(=O)OCC(=O)c1ccc2c(c1)OCO2. The molecule has 1 heterocycles. The number of Topliss-reactive ketones (excluding diaryl/α,β-unsaturated/α-hetero) is 1. The molecule has 0 spiro atoms. The average Bonchev–Trinajstić information content (AvgIpc) is 3.17. The fourth-order valence-electron chi connectivity index (χ4n) is 2.81. The average molecular weight is 419 g/mol. The quantitative estimate of drug-likeness (QED) is 0.548. The van der Waals surface area contributed by atoms with Gasteiger partial charge in [-0.05, 0) is 36.2 Å². The van der Waals surface area contributed by atoms with E-state index < -0.39 is 53.4 Å². The van der Waals surface area contributed by atoms with Crippen molar-refractivity contribution in [2.75, 3.05) is 13.4 Å². The summed E-state index contributed by atoms with van der Waals surface area (Å²) in [5.74, 6) is -4.14. The van der Waals surface area contributed by atoms with E-state index in [9.17, 15) is 23.2 Å². The summed E-state index contributed by atoms with van der Waals surface area (Å²) in [7, 11) is 0. The first-order valence-corrected chi connectivity index (χ1v) is 9.12. The molecule has 0 fully saturated rings. The molecule has 0 unspecified atom stereocenters. The first-order valence-electron chi connectivity index (χ1n) is 9.12. The van der Waals surface area contributed by atoms with Gasteiger partial charge in [0.2, 0.25) is 6.79 Å². The van der Waals surface area contributed by atoms with E-state index in [0.717, 1.165) is 18.2 Å². The number of halogens is 2. The third kappa shape index (κ3) is 4.56. The molecule has 9 heteroatoms. The summed E-state index contributed by atoms with van der Waals surface area (Å²) in [5.41, 5.74) is -0.544. The van der Waals surface area contributed by atoms with Crippen LogP contribution in [0, 0.1) is 17.6 Å². The van der Waals surface area contributed by atoms with Crippen molar-refractivity contribution in [1.29, 1.82) is 0 Å². The van der Waals surface area contributed by atoms with Crippen LogP contribution in [0.15, 0.2) is 36.4 Å². The minimum Gasteiger partial charge on any atom is -0.456 e. The lowest BCUT2D eigenvalue weighted by molar-refractivity contribution is -0.145. The van der Waals surface area contributed by atoms with E-state index >= 15 is 0 Å². The number of nitrogens with one attached hydrogen (secondary N) is 1. The maximum Gasteiger partial charge on any atom is 0.329 e. The summed E-state index contributed by atoms with van der Waals surface area (Å²) < 4.78 is 43.0. The Morgan fingerprint density at radius 3 is 2.40 bits per heavy atom.